The fourth-order valence-electron chi connectivity index (χ4n) is 2.42. The SMILES string of the molecule is COc1ccc(CNC(=O)C(C)n2ncn3cccc3c2=O)cc1. The van der Waals surface area contributed by atoms with E-state index in [9.17, 15) is 9.59 Å². The summed E-state index contributed by atoms with van der Waals surface area (Å²) in [4.78, 5) is 24.7. The Morgan fingerprint density at radius 3 is 2.75 bits per heavy atom. The van der Waals surface area contributed by atoms with Gasteiger partial charge in [0.2, 0.25) is 5.91 Å². The van der Waals surface area contributed by atoms with Crippen LogP contribution < -0.4 is 15.6 Å². The van der Waals surface area contributed by atoms with Gasteiger partial charge in [-0.2, -0.15) is 5.10 Å². The topological polar surface area (TPSA) is 77.6 Å². The first-order chi connectivity index (χ1) is 11.6. The molecule has 2 aromatic heterocycles. The van der Waals surface area contributed by atoms with Crippen molar-refractivity contribution in [2.24, 2.45) is 0 Å². The van der Waals surface area contributed by atoms with E-state index in [1.165, 1.54) is 11.0 Å². The third-order valence-electron chi connectivity index (χ3n) is 3.88. The summed E-state index contributed by atoms with van der Waals surface area (Å²) in [5.74, 6) is 0.492. The normalized spacial score (nSPS) is 12.1. The molecule has 1 N–H and O–H groups in total. The van der Waals surface area contributed by atoms with E-state index in [-0.39, 0.29) is 11.5 Å². The molecule has 124 valence electrons. The fourth-order valence-corrected chi connectivity index (χ4v) is 2.42. The van der Waals surface area contributed by atoms with Gasteiger partial charge in [0.05, 0.1) is 7.11 Å². The third kappa shape index (κ3) is 3.01. The number of fused-ring (bicyclic) bond motifs is 1. The Bertz CT molecular complexity index is 911. The van der Waals surface area contributed by atoms with Gasteiger partial charge in [-0.25, -0.2) is 4.68 Å². The van der Waals surface area contributed by atoms with Gasteiger partial charge in [0.25, 0.3) is 5.56 Å². The lowest BCUT2D eigenvalue weighted by molar-refractivity contribution is -0.124. The van der Waals surface area contributed by atoms with Crippen molar-refractivity contribution in [3.05, 3.63) is 64.8 Å². The zero-order valence-corrected chi connectivity index (χ0v) is 13.5. The molecule has 0 bridgehead atoms. The molecule has 0 aliphatic heterocycles. The Hall–Kier alpha value is -3.09. The van der Waals surface area contributed by atoms with Gasteiger partial charge >= 0.3 is 0 Å². The van der Waals surface area contributed by atoms with Crippen LogP contribution in [0.15, 0.2) is 53.7 Å². The summed E-state index contributed by atoms with van der Waals surface area (Å²) >= 11 is 0. The van der Waals surface area contributed by atoms with Crippen molar-refractivity contribution in [1.82, 2.24) is 19.5 Å². The van der Waals surface area contributed by atoms with E-state index in [4.69, 9.17) is 4.74 Å². The van der Waals surface area contributed by atoms with Gasteiger partial charge in [0, 0.05) is 12.7 Å². The van der Waals surface area contributed by atoms with Crippen molar-refractivity contribution in [2.45, 2.75) is 19.5 Å². The first-order valence-electron chi connectivity index (χ1n) is 7.55. The van der Waals surface area contributed by atoms with Crippen molar-refractivity contribution < 1.29 is 9.53 Å². The molecular weight excluding hydrogens is 308 g/mol. The number of hydrogen-bond donors (Lipinski definition) is 1. The lowest BCUT2D eigenvalue weighted by Gasteiger charge is -2.14. The number of nitrogens with one attached hydrogen (secondary N) is 1. The van der Waals surface area contributed by atoms with Gasteiger partial charge in [0.1, 0.15) is 23.6 Å². The molecule has 0 aliphatic carbocycles. The summed E-state index contributed by atoms with van der Waals surface area (Å²) in [6.45, 7) is 2.02. The molecule has 1 aromatic carbocycles. The van der Waals surface area contributed by atoms with E-state index < -0.39 is 6.04 Å². The second kappa shape index (κ2) is 6.57. The van der Waals surface area contributed by atoms with Gasteiger partial charge in [-0.05, 0) is 36.8 Å². The molecule has 3 rings (SSSR count). The van der Waals surface area contributed by atoms with Crippen LogP contribution >= 0.6 is 0 Å². The summed E-state index contributed by atoms with van der Waals surface area (Å²) in [6.07, 6.45) is 3.26. The molecule has 3 aromatic rings. The number of amides is 1. The zero-order chi connectivity index (χ0) is 17.1. The molecule has 24 heavy (non-hydrogen) atoms. The number of carbonyl (C=O) groups excluding carboxylic acids is 1. The lowest BCUT2D eigenvalue weighted by atomic mass is 10.2. The Morgan fingerprint density at radius 1 is 1.29 bits per heavy atom. The number of ether oxygens (including phenoxy) is 1. The van der Waals surface area contributed by atoms with E-state index >= 15 is 0 Å². The molecule has 1 amide bonds. The van der Waals surface area contributed by atoms with Crippen molar-refractivity contribution >= 4 is 11.4 Å². The summed E-state index contributed by atoms with van der Waals surface area (Å²) in [5, 5.41) is 6.88. The highest BCUT2D eigenvalue weighted by atomic mass is 16.5. The maximum absolute atomic E-state index is 12.4. The summed E-state index contributed by atoms with van der Waals surface area (Å²) in [7, 11) is 1.60. The highest BCUT2D eigenvalue weighted by Gasteiger charge is 2.18. The Kier molecular flexibility index (Phi) is 4.33. The summed E-state index contributed by atoms with van der Waals surface area (Å²) in [5.41, 5.74) is 1.13. The molecule has 7 heteroatoms. The number of methoxy groups -OCH3 is 1. The van der Waals surface area contributed by atoms with Gasteiger partial charge in [-0.3, -0.25) is 9.59 Å². The number of nitrogens with zero attached hydrogens (tertiary/aromatic N) is 3. The van der Waals surface area contributed by atoms with Crippen molar-refractivity contribution in [3.8, 4) is 5.75 Å². The van der Waals surface area contributed by atoms with Crippen molar-refractivity contribution in [3.63, 3.8) is 0 Å². The number of aromatic nitrogens is 3. The molecule has 0 saturated carbocycles. The minimum atomic E-state index is -0.698. The fraction of sp³-hybridized carbons (Fsp3) is 0.235. The standard InChI is InChI=1S/C17H18N4O3/c1-12(21-17(23)15-4-3-9-20(15)11-19-21)16(22)18-10-13-5-7-14(24-2)8-6-13/h3-9,11-12H,10H2,1-2H3,(H,18,22). The monoisotopic (exact) mass is 326 g/mol. The number of rotatable bonds is 5. The van der Waals surface area contributed by atoms with Crippen molar-refractivity contribution in [1.29, 1.82) is 0 Å². The Balaban J connectivity index is 1.71. The second-order valence-corrected chi connectivity index (χ2v) is 5.42. The Labute approximate surface area is 138 Å². The van der Waals surface area contributed by atoms with E-state index in [2.05, 4.69) is 10.4 Å². The van der Waals surface area contributed by atoms with E-state index in [1.807, 2.05) is 24.3 Å². The van der Waals surface area contributed by atoms with Crippen LogP contribution in [-0.2, 0) is 11.3 Å². The first kappa shape index (κ1) is 15.8. The average molecular weight is 326 g/mol. The maximum Gasteiger partial charge on any atom is 0.291 e. The molecule has 0 saturated heterocycles. The van der Waals surface area contributed by atoms with Gasteiger partial charge in [-0.15, -0.1) is 0 Å². The molecule has 0 radical (unpaired) electrons. The van der Waals surface area contributed by atoms with Crippen LogP contribution in [0.2, 0.25) is 0 Å². The van der Waals surface area contributed by atoms with Gasteiger partial charge in [0.15, 0.2) is 0 Å². The quantitative estimate of drug-likeness (QED) is 0.768. The van der Waals surface area contributed by atoms with Crippen LogP contribution in [0, 0.1) is 0 Å². The minimum absolute atomic E-state index is 0.267. The first-order valence-corrected chi connectivity index (χ1v) is 7.55. The predicted molar refractivity (Wildman–Crippen MR) is 89.0 cm³/mol. The van der Waals surface area contributed by atoms with E-state index in [0.717, 1.165) is 11.3 Å². The summed E-state index contributed by atoms with van der Waals surface area (Å²) in [6, 6.07) is 10.2. The molecule has 2 heterocycles. The van der Waals surface area contributed by atoms with Gasteiger partial charge < -0.3 is 14.5 Å². The van der Waals surface area contributed by atoms with Gasteiger partial charge in [-0.1, -0.05) is 12.1 Å². The van der Waals surface area contributed by atoms with Crippen LogP contribution in [0.25, 0.3) is 5.52 Å². The highest BCUT2D eigenvalue weighted by Crippen LogP contribution is 2.11. The lowest BCUT2D eigenvalue weighted by Crippen LogP contribution is -2.37. The van der Waals surface area contributed by atoms with E-state index in [1.54, 1.807) is 36.8 Å². The third-order valence-corrected chi connectivity index (χ3v) is 3.88. The zero-order valence-electron chi connectivity index (χ0n) is 13.5. The molecule has 0 spiro atoms. The molecule has 1 unspecified atom stereocenters. The van der Waals surface area contributed by atoms with Crippen molar-refractivity contribution in [2.75, 3.05) is 7.11 Å². The molecule has 0 fully saturated rings. The number of carbonyl (C=O) groups is 1. The number of hydrogen-bond acceptors (Lipinski definition) is 4. The Morgan fingerprint density at radius 2 is 2.04 bits per heavy atom. The summed E-state index contributed by atoms with van der Waals surface area (Å²) < 4.78 is 7.92. The average Bonchev–Trinajstić information content (AvgIpc) is 3.09. The second-order valence-electron chi connectivity index (χ2n) is 5.42. The maximum atomic E-state index is 12.4. The molecule has 7 nitrogen and oxygen atoms in total. The predicted octanol–water partition coefficient (Wildman–Crippen LogP) is 1.38. The molecule has 1 atom stereocenters. The van der Waals surface area contributed by atoms with E-state index in [0.29, 0.717) is 12.1 Å². The van der Waals surface area contributed by atoms with Crippen LogP contribution in [0.5, 0.6) is 5.75 Å². The number of benzene rings is 1. The van der Waals surface area contributed by atoms with Crippen LogP contribution in [0.3, 0.4) is 0 Å². The molecular formula is C17H18N4O3. The highest BCUT2D eigenvalue weighted by molar-refractivity contribution is 5.79. The largest absolute Gasteiger partial charge is 0.497 e. The van der Waals surface area contributed by atoms with Crippen LogP contribution in [0.1, 0.15) is 18.5 Å². The van der Waals surface area contributed by atoms with Crippen LogP contribution in [-0.4, -0.2) is 27.2 Å². The smallest absolute Gasteiger partial charge is 0.291 e. The molecule has 0 aliphatic rings. The minimum Gasteiger partial charge on any atom is -0.497 e. The van der Waals surface area contributed by atoms with Crippen LogP contribution in [0.4, 0.5) is 0 Å².